The fourth-order valence-corrected chi connectivity index (χ4v) is 3.44. The molecule has 1 heterocycles. The summed E-state index contributed by atoms with van der Waals surface area (Å²) in [6, 6.07) is 23.1. The monoisotopic (exact) mass is 343 g/mol. The van der Waals surface area contributed by atoms with Crippen molar-refractivity contribution < 1.29 is 4.79 Å². The minimum atomic E-state index is -0.0123. The van der Waals surface area contributed by atoms with E-state index in [4.69, 9.17) is 4.98 Å². The minimum Gasteiger partial charge on any atom is -0.356 e. The van der Waals surface area contributed by atoms with Crippen molar-refractivity contribution in [1.29, 1.82) is 0 Å². The van der Waals surface area contributed by atoms with E-state index in [9.17, 15) is 4.79 Å². The summed E-state index contributed by atoms with van der Waals surface area (Å²) >= 11 is 0. The third kappa shape index (κ3) is 3.18. The average molecular weight is 343 g/mol. The maximum Gasteiger partial charge on any atom is 0.216 e. The van der Waals surface area contributed by atoms with Gasteiger partial charge in [-0.05, 0) is 28.5 Å². The molecule has 1 N–H and O–H groups in total. The Morgan fingerprint density at radius 2 is 1.77 bits per heavy atom. The predicted molar refractivity (Wildman–Crippen MR) is 105 cm³/mol. The van der Waals surface area contributed by atoms with Crippen LogP contribution in [0.3, 0.4) is 0 Å². The third-order valence-corrected chi connectivity index (χ3v) is 4.66. The first kappa shape index (κ1) is 16.3. The lowest BCUT2D eigenvalue weighted by Gasteiger charge is -2.12. The van der Waals surface area contributed by atoms with Crippen LogP contribution in [0.2, 0.25) is 0 Å². The molecule has 0 radical (unpaired) electrons. The largest absolute Gasteiger partial charge is 0.356 e. The van der Waals surface area contributed by atoms with Crippen LogP contribution in [0.5, 0.6) is 0 Å². The van der Waals surface area contributed by atoms with Crippen LogP contribution in [-0.4, -0.2) is 22.0 Å². The summed E-state index contributed by atoms with van der Waals surface area (Å²) in [6.07, 6.45) is 0.707. The van der Waals surface area contributed by atoms with Gasteiger partial charge in [-0.15, -0.1) is 0 Å². The molecule has 0 atom stereocenters. The maximum absolute atomic E-state index is 11.2. The Morgan fingerprint density at radius 3 is 2.65 bits per heavy atom. The zero-order chi connectivity index (χ0) is 17.9. The second kappa shape index (κ2) is 7.00. The quantitative estimate of drug-likeness (QED) is 0.597. The molecule has 4 rings (SSSR count). The summed E-state index contributed by atoms with van der Waals surface area (Å²) in [6.45, 7) is 2.89. The van der Waals surface area contributed by atoms with Gasteiger partial charge in [-0.2, -0.15) is 0 Å². The van der Waals surface area contributed by atoms with E-state index < -0.39 is 0 Å². The summed E-state index contributed by atoms with van der Waals surface area (Å²) in [5.41, 5.74) is 3.39. The van der Waals surface area contributed by atoms with E-state index in [0.717, 1.165) is 23.4 Å². The first-order valence-electron chi connectivity index (χ1n) is 8.87. The van der Waals surface area contributed by atoms with Gasteiger partial charge in [0.1, 0.15) is 5.82 Å². The van der Waals surface area contributed by atoms with E-state index in [2.05, 4.69) is 58.4 Å². The zero-order valence-electron chi connectivity index (χ0n) is 14.8. The van der Waals surface area contributed by atoms with Crippen LogP contribution in [-0.2, 0) is 17.8 Å². The summed E-state index contributed by atoms with van der Waals surface area (Å²) in [4.78, 5) is 16.0. The molecule has 0 aliphatic carbocycles. The van der Waals surface area contributed by atoms with Crippen molar-refractivity contribution in [3.8, 4) is 0 Å². The normalized spacial score (nSPS) is 11.1. The second-order valence-corrected chi connectivity index (χ2v) is 6.47. The van der Waals surface area contributed by atoms with Crippen LogP contribution in [0.4, 0.5) is 0 Å². The number of fused-ring (bicyclic) bond motifs is 2. The van der Waals surface area contributed by atoms with E-state index in [-0.39, 0.29) is 5.91 Å². The van der Waals surface area contributed by atoms with Gasteiger partial charge in [0.05, 0.1) is 11.0 Å². The molecule has 0 fully saturated rings. The van der Waals surface area contributed by atoms with Crippen LogP contribution in [0.25, 0.3) is 21.8 Å². The van der Waals surface area contributed by atoms with Crippen molar-refractivity contribution in [2.24, 2.45) is 0 Å². The molecule has 4 nitrogen and oxygen atoms in total. The Morgan fingerprint density at radius 1 is 1.00 bits per heavy atom. The standard InChI is InChI=1S/C22H21N3O/c1-16(26)23-14-13-22-24-20-11-4-5-12-21(20)25(22)15-18-9-6-8-17-7-2-3-10-19(17)18/h2-12H,13-15H2,1H3,(H,23,26). The summed E-state index contributed by atoms with van der Waals surface area (Å²) in [5.74, 6) is 0.981. The van der Waals surface area contributed by atoms with E-state index in [0.29, 0.717) is 13.0 Å². The first-order chi connectivity index (χ1) is 12.7. The summed E-state index contributed by atoms with van der Waals surface area (Å²) in [5, 5.41) is 5.38. The number of imidazole rings is 1. The second-order valence-electron chi connectivity index (χ2n) is 6.47. The van der Waals surface area contributed by atoms with Crippen LogP contribution in [0.15, 0.2) is 66.7 Å². The highest BCUT2D eigenvalue weighted by atomic mass is 16.1. The minimum absolute atomic E-state index is 0.0123. The number of nitrogens with one attached hydrogen (secondary N) is 1. The third-order valence-electron chi connectivity index (χ3n) is 4.66. The molecule has 4 aromatic rings. The van der Waals surface area contributed by atoms with E-state index in [1.54, 1.807) is 6.92 Å². The molecule has 0 aliphatic heterocycles. The van der Waals surface area contributed by atoms with Crippen molar-refractivity contribution in [2.45, 2.75) is 19.9 Å². The van der Waals surface area contributed by atoms with E-state index in [1.165, 1.54) is 16.3 Å². The number of carbonyl (C=O) groups excluding carboxylic acids is 1. The zero-order valence-corrected chi connectivity index (χ0v) is 14.8. The molecule has 0 saturated carbocycles. The molecule has 0 saturated heterocycles. The predicted octanol–water partition coefficient (Wildman–Crippen LogP) is 3.92. The summed E-state index contributed by atoms with van der Waals surface area (Å²) in [7, 11) is 0. The number of amides is 1. The van der Waals surface area contributed by atoms with Crippen molar-refractivity contribution in [3.63, 3.8) is 0 Å². The van der Waals surface area contributed by atoms with Crippen LogP contribution >= 0.6 is 0 Å². The number of hydrogen-bond acceptors (Lipinski definition) is 2. The Hall–Kier alpha value is -3.14. The highest BCUT2D eigenvalue weighted by Gasteiger charge is 2.12. The number of para-hydroxylation sites is 2. The SMILES string of the molecule is CC(=O)NCCc1nc2ccccc2n1Cc1cccc2ccccc12. The van der Waals surface area contributed by atoms with Gasteiger partial charge >= 0.3 is 0 Å². The molecule has 4 heteroatoms. The Balaban J connectivity index is 1.75. The molecule has 0 unspecified atom stereocenters. The van der Waals surface area contributed by atoms with Gasteiger partial charge in [0.15, 0.2) is 0 Å². The van der Waals surface area contributed by atoms with Crippen molar-refractivity contribution in [1.82, 2.24) is 14.9 Å². The number of hydrogen-bond donors (Lipinski definition) is 1. The van der Waals surface area contributed by atoms with Gasteiger partial charge < -0.3 is 9.88 Å². The molecule has 0 bridgehead atoms. The highest BCUT2D eigenvalue weighted by molar-refractivity contribution is 5.86. The van der Waals surface area contributed by atoms with Crippen LogP contribution in [0.1, 0.15) is 18.3 Å². The Bertz CT molecular complexity index is 1080. The molecule has 3 aromatic carbocycles. The number of carbonyl (C=O) groups is 1. The fourth-order valence-electron chi connectivity index (χ4n) is 3.44. The fraction of sp³-hybridized carbons (Fsp3) is 0.182. The van der Waals surface area contributed by atoms with Gasteiger partial charge in [0.2, 0.25) is 5.91 Å². The van der Waals surface area contributed by atoms with Crippen LogP contribution in [0, 0.1) is 0 Å². The molecule has 130 valence electrons. The van der Waals surface area contributed by atoms with Gasteiger partial charge in [-0.25, -0.2) is 4.98 Å². The number of rotatable bonds is 5. The van der Waals surface area contributed by atoms with Crippen molar-refractivity contribution >= 4 is 27.7 Å². The average Bonchev–Trinajstić information content (AvgIpc) is 2.99. The van der Waals surface area contributed by atoms with Gasteiger partial charge in [-0.3, -0.25) is 4.79 Å². The van der Waals surface area contributed by atoms with E-state index in [1.807, 2.05) is 18.2 Å². The van der Waals surface area contributed by atoms with Gasteiger partial charge in [-0.1, -0.05) is 54.6 Å². The lowest BCUT2D eigenvalue weighted by atomic mass is 10.0. The number of aromatic nitrogens is 2. The number of benzene rings is 3. The molecule has 26 heavy (non-hydrogen) atoms. The van der Waals surface area contributed by atoms with E-state index >= 15 is 0 Å². The smallest absolute Gasteiger partial charge is 0.216 e. The Labute approximate surface area is 152 Å². The van der Waals surface area contributed by atoms with Gasteiger partial charge in [0.25, 0.3) is 0 Å². The first-order valence-corrected chi connectivity index (χ1v) is 8.87. The number of nitrogens with zero attached hydrogens (tertiary/aromatic N) is 2. The lowest BCUT2D eigenvalue weighted by Crippen LogP contribution is -2.23. The van der Waals surface area contributed by atoms with Crippen molar-refractivity contribution in [2.75, 3.05) is 6.54 Å². The molecular weight excluding hydrogens is 322 g/mol. The molecule has 1 aromatic heterocycles. The van der Waals surface area contributed by atoms with Crippen LogP contribution < -0.4 is 5.32 Å². The molecule has 0 aliphatic rings. The highest BCUT2D eigenvalue weighted by Crippen LogP contribution is 2.23. The Kier molecular flexibility index (Phi) is 4.40. The lowest BCUT2D eigenvalue weighted by molar-refractivity contribution is -0.118. The molecule has 1 amide bonds. The molecule has 0 spiro atoms. The molecular formula is C22H21N3O. The summed E-state index contributed by atoms with van der Waals surface area (Å²) < 4.78 is 2.26. The van der Waals surface area contributed by atoms with Crippen molar-refractivity contribution in [3.05, 3.63) is 78.1 Å². The maximum atomic E-state index is 11.2. The van der Waals surface area contributed by atoms with Gasteiger partial charge in [0, 0.05) is 26.4 Å². The topological polar surface area (TPSA) is 46.9 Å².